The van der Waals surface area contributed by atoms with Crippen LogP contribution in [0.25, 0.3) is 21.9 Å². The monoisotopic (exact) mass is 477 g/mol. The van der Waals surface area contributed by atoms with E-state index in [1.807, 2.05) is 19.9 Å². The Hall–Kier alpha value is -3.71. The molecule has 174 valence electrons. The molecular formula is C27H24FNO4S. The van der Waals surface area contributed by atoms with Gasteiger partial charge in [-0.15, -0.1) is 0 Å². The highest BCUT2D eigenvalue weighted by atomic mass is 32.2. The Labute approximate surface area is 197 Å². The lowest BCUT2D eigenvalue weighted by molar-refractivity contribution is 0.0697. The summed E-state index contributed by atoms with van der Waals surface area (Å²) < 4.78 is 44.4. The second-order valence-corrected chi connectivity index (χ2v) is 10.0. The Morgan fingerprint density at radius 1 is 0.824 bits per heavy atom. The van der Waals surface area contributed by atoms with Crippen molar-refractivity contribution in [2.45, 2.75) is 32.6 Å². The SMILES string of the molecule is Cc1cc(C)c(C)c(S(=O)(=O)Nc2ccc(-c3cc(C(=O)O)ccc3F)c3ccccc23)c1C. The summed E-state index contributed by atoms with van der Waals surface area (Å²) in [5.41, 5.74) is 4.06. The fourth-order valence-corrected chi connectivity index (χ4v) is 5.96. The minimum atomic E-state index is -3.92. The predicted molar refractivity (Wildman–Crippen MR) is 132 cm³/mol. The van der Waals surface area contributed by atoms with Gasteiger partial charge >= 0.3 is 5.97 Å². The summed E-state index contributed by atoms with van der Waals surface area (Å²) >= 11 is 0. The molecule has 7 heteroatoms. The van der Waals surface area contributed by atoms with Gasteiger partial charge in [0, 0.05) is 10.9 Å². The first kappa shape index (κ1) is 23.4. The lowest BCUT2D eigenvalue weighted by Crippen LogP contribution is -2.17. The summed E-state index contributed by atoms with van der Waals surface area (Å²) in [6.07, 6.45) is 0. The summed E-state index contributed by atoms with van der Waals surface area (Å²) in [6.45, 7) is 7.33. The number of nitrogens with one attached hydrogen (secondary N) is 1. The van der Waals surface area contributed by atoms with E-state index in [0.717, 1.165) is 17.2 Å². The fourth-order valence-electron chi connectivity index (χ4n) is 4.27. The summed E-state index contributed by atoms with van der Waals surface area (Å²) in [6, 6.07) is 15.8. The van der Waals surface area contributed by atoms with E-state index in [9.17, 15) is 22.7 Å². The molecule has 0 fully saturated rings. The van der Waals surface area contributed by atoms with Gasteiger partial charge in [-0.05, 0) is 85.2 Å². The van der Waals surface area contributed by atoms with Gasteiger partial charge in [-0.2, -0.15) is 0 Å². The van der Waals surface area contributed by atoms with Crippen LogP contribution in [0.5, 0.6) is 0 Å². The van der Waals surface area contributed by atoms with Crippen LogP contribution in [0.1, 0.15) is 32.6 Å². The van der Waals surface area contributed by atoms with Gasteiger partial charge in [-0.25, -0.2) is 17.6 Å². The summed E-state index contributed by atoms with van der Waals surface area (Å²) in [5.74, 6) is -1.72. The molecule has 0 heterocycles. The third-order valence-corrected chi connectivity index (χ3v) is 7.88. The molecule has 0 radical (unpaired) electrons. The molecule has 34 heavy (non-hydrogen) atoms. The van der Waals surface area contributed by atoms with Gasteiger partial charge < -0.3 is 5.11 Å². The number of carbonyl (C=O) groups is 1. The number of carboxylic acids is 1. The quantitative estimate of drug-likeness (QED) is 0.349. The maximum atomic E-state index is 14.7. The molecule has 4 aromatic carbocycles. The highest BCUT2D eigenvalue weighted by Crippen LogP contribution is 2.36. The lowest BCUT2D eigenvalue weighted by Gasteiger charge is -2.18. The minimum absolute atomic E-state index is 0.0361. The Balaban J connectivity index is 1.89. The van der Waals surface area contributed by atoms with Gasteiger partial charge in [0.25, 0.3) is 10.0 Å². The molecule has 0 amide bonds. The van der Waals surface area contributed by atoms with Crippen molar-refractivity contribution in [2.24, 2.45) is 0 Å². The van der Waals surface area contributed by atoms with Gasteiger partial charge in [0.1, 0.15) is 5.82 Å². The number of fused-ring (bicyclic) bond motifs is 1. The maximum absolute atomic E-state index is 14.7. The van der Waals surface area contributed by atoms with E-state index in [1.54, 1.807) is 50.2 Å². The number of aryl methyl sites for hydroxylation is 2. The van der Waals surface area contributed by atoms with Crippen molar-refractivity contribution in [3.8, 4) is 11.1 Å². The zero-order chi connectivity index (χ0) is 24.8. The van der Waals surface area contributed by atoms with Crippen LogP contribution >= 0.6 is 0 Å². The molecule has 5 nitrogen and oxygen atoms in total. The van der Waals surface area contributed by atoms with E-state index in [1.165, 1.54) is 12.1 Å². The van der Waals surface area contributed by atoms with Gasteiger partial charge in [-0.3, -0.25) is 4.72 Å². The lowest BCUT2D eigenvalue weighted by atomic mass is 9.95. The summed E-state index contributed by atoms with van der Waals surface area (Å²) in [5, 5.41) is 10.5. The van der Waals surface area contributed by atoms with Crippen LogP contribution in [0.4, 0.5) is 10.1 Å². The van der Waals surface area contributed by atoms with Crippen LogP contribution in [-0.2, 0) is 10.0 Å². The van der Waals surface area contributed by atoms with Crippen molar-refractivity contribution >= 4 is 32.5 Å². The molecule has 4 aromatic rings. The molecular weight excluding hydrogens is 453 g/mol. The Morgan fingerprint density at radius 2 is 1.44 bits per heavy atom. The first-order valence-corrected chi connectivity index (χ1v) is 12.1. The fraction of sp³-hybridized carbons (Fsp3) is 0.148. The molecule has 0 saturated heterocycles. The smallest absolute Gasteiger partial charge is 0.335 e. The molecule has 0 bridgehead atoms. The normalized spacial score (nSPS) is 11.6. The summed E-state index contributed by atoms with van der Waals surface area (Å²) in [4.78, 5) is 11.7. The summed E-state index contributed by atoms with van der Waals surface area (Å²) in [7, 11) is -3.92. The molecule has 4 rings (SSSR count). The van der Waals surface area contributed by atoms with E-state index in [-0.39, 0.29) is 16.0 Å². The largest absolute Gasteiger partial charge is 0.478 e. The highest BCUT2D eigenvalue weighted by Gasteiger charge is 2.23. The zero-order valence-electron chi connectivity index (χ0n) is 19.2. The number of hydrogen-bond acceptors (Lipinski definition) is 3. The Kier molecular flexibility index (Phi) is 5.91. The van der Waals surface area contributed by atoms with Crippen LogP contribution < -0.4 is 4.72 Å². The molecule has 0 saturated carbocycles. The first-order chi connectivity index (χ1) is 16.0. The second-order valence-electron chi connectivity index (χ2n) is 8.40. The van der Waals surface area contributed by atoms with Crippen LogP contribution in [0, 0.1) is 33.5 Å². The third-order valence-electron chi connectivity index (χ3n) is 6.24. The molecule has 0 aliphatic carbocycles. The van der Waals surface area contributed by atoms with E-state index < -0.39 is 21.8 Å². The van der Waals surface area contributed by atoms with Crippen LogP contribution in [0.15, 0.2) is 65.6 Å². The van der Waals surface area contributed by atoms with Crippen molar-refractivity contribution in [1.82, 2.24) is 0 Å². The number of benzene rings is 4. The Morgan fingerprint density at radius 3 is 2.06 bits per heavy atom. The van der Waals surface area contributed by atoms with Crippen molar-refractivity contribution in [3.63, 3.8) is 0 Å². The third kappa shape index (κ3) is 4.03. The van der Waals surface area contributed by atoms with Gasteiger partial charge in [0.15, 0.2) is 0 Å². The number of rotatable bonds is 5. The van der Waals surface area contributed by atoms with Crippen LogP contribution in [0.3, 0.4) is 0 Å². The molecule has 0 aliphatic rings. The molecule has 0 aliphatic heterocycles. The highest BCUT2D eigenvalue weighted by molar-refractivity contribution is 7.92. The predicted octanol–water partition coefficient (Wildman–Crippen LogP) is 6.38. The van der Waals surface area contributed by atoms with E-state index in [2.05, 4.69) is 4.72 Å². The van der Waals surface area contributed by atoms with Gasteiger partial charge in [-0.1, -0.05) is 36.4 Å². The van der Waals surface area contributed by atoms with Crippen molar-refractivity contribution < 1.29 is 22.7 Å². The number of sulfonamides is 1. The molecule has 0 spiro atoms. The average Bonchev–Trinajstić information content (AvgIpc) is 2.78. The van der Waals surface area contributed by atoms with Crippen LogP contribution in [-0.4, -0.2) is 19.5 Å². The standard InChI is InChI=1S/C27H24FNO4S/c1-15-13-16(2)18(4)26(17(15)3)34(32,33)29-25-12-10-21(20-7-5-6-8-22(20)25)23-14-19(27(30)31)9-11-24(23)28/h5-14,29H,1-4H3,(H,30,31). The molecule has 0 unspecified atom stereocenters. The number of anilines is 1. The zero-order valence-corrected chi connectivity index (χ0v) is 20.0. The minimum Gasteiger partial charge on any atom is -0.478 e. The second kappa shape index (κ2) is 8.57. The van der Waals surface area contributed by atoms with E-state index >= 15 is 0 Å². The Bertz CT molecular complexity index is 1550. The molecule has 0 aromatic heterocycles. The van der Waals surface area contributed by atoms with Crippen molar-refractivity contribution in [2.75, 3.05) is 4.72 Å². The van der Waals surface area contributed by atoms with Crippen molar-refractivity contribution in [3.05, 3.63) is 94.3 Å². The topological polar surface area (TPSA) is 83.5 Å². The average molecular weight is 478 g/mol. The van der Waals surface area contributed by atoms with E-state index in [4.69, 9.17) is 0 Å². The number of carboxylic acid groups (broad SMARTS) is 1. The molecule has 0 atom stereocenters. The van der Waals surface area contributed by atoms with Gasteiger partial charge in [0.05, 0.1) is 16.1 Å². The molecule has 2 N–H and O–H groups in total. The number of halogens is 1. The van der Waals surface area contributed by atoms with E-state index in [0.29, 0.717) is 33.2 Å². The maximum Gasteiger partial charge on any atom is 0.335 e. The van der Waals surface area contributed by atoms with Crippen LogP contribution in [0.2, 0.25) is 0 Å². The van der Waals surface area contributed by atoms with Crippen molar-refractivity contribution in [1.29, 1.82) is 0 Å². The first-order valence-electron chi connectivity index (χ1n) is 10.7. The number of aromatic carboxylic acids is 1. The van der Waals surface area contributed by atoms with Gasteiger partial charge in [0.2, 0.25) is 0 Å². The number of hydrogen-bond donors (Lipinski definition) is 2.